The Hall–Kier alpha value is -0.120. The second-order valence-electron chi connectivity index (χ2n) is 3.13. The van der Waals surface area contributed by atoms with Crippen LogP contribution in [0.4, 0.5) is 0 Å². The third-order valence-electron chi connectivity index (χ3n) is 2.07. The average molecular weight is 146 g/mol. The molecule has 1 aliphatic rings. The summed E-state index contributed by atoms with van der Waals surface area (Å²) in [5, 5.41) is 18.8. The summed E-state index contributed by atoms with van der Waals surface area (Å²) in [5.41, 5.74) is -0.961. The van der Waals surface area contributed by atoms with Crippen molar-refractivity contribution in [1.82, 2.24) is 0 Å². The first-order chi connectivity index (χ1) is 4.54. The van der Waals surface area contributed by atoms with Gasteiger partial charge in [-0.15, -0.1) is 0 Å². The van der Waals surface area contributed by atoms with Crippen LogP contribution in [0.15, 0.2) is 0 Å². The van der Waals surface area contributed by atoms with Crippen molar-refractivity contribution in [1.29, 1.82) is 0 Å². The number of ether oxygens (including phenoxy) is 1. The normalized spacial score (nSPS) is 49.2. The summed E-state index contributed by atoms with van der Waals surface area (Å²) in [6, 6.07) is 0. The fourth-order valence-corrected chi connectivity index (χ4v) is 1.20. The number of aliphatic hydroxyl groups is 2. The van der Waals surface area contributed by atoms with E-state index in [1.54, 1.807) is 13.8 Å². The molecule has 1 saturated heterocycles. The molecule has 0 amide bonds. The van der Waals surface area contributed by atoms with Gasteiger partial charge >= 0.3 is 0 Å². The molecule has 10 heavy (non-hydrogen) atoms. The summed E-state index contributed by atoms with van der Waals surface area (Å²) in [6.45, 7) is 3.93. The van der Waals surface area contributed by atoms with Gasteiger partial charge in [-0.25, -0.2) is 0 Å². The van der Waals surface area contributed by atoms with Crippen molar-refractivity contribution in [3.05, 3.63) is 0 Å². The first-order valence-electron chi connectivity index (χ1n) is 3.56. The predicted octanol–water partition coefficient (Wildman–Crippen LogP) is -0.0929. The Labute approximate surface area is 60.6 Å². The molecule has 3 atom stereocenters. The van der Waals surface area contributed by atoms with Gasteiger partial charge in [0.15, 0.2) is 0 Å². The van der Waals surface area contributed by atoms with Crippen LogP contribution in [-0.2, 0) is 4.74 Å². The third kappa shape index (κ3) is 1.31. The summed E-state index contributed by atoms with van der Waals surface area (Å²) < 4.78 is 5.12. The van der Waals surface area contributed by atoms with E-state index in [1.165, 1.54) is 0 Å². The molecule has 0 saturated carbocycles. The highest BCUT2D eigenvalue weighted by atomic mass is 16.5. The van der Waals surface area contributed by atoms with Crippen molar-refractivity contribution in [2.45, 2.75) is 38.1 Å². The standard InChI is InChI=1S/C7H14O3/c1-5-6(8)7(2,9)3-4-10-5/h5-6,8-9H,3-4H2,1-2H3/t5?,6-,7-/m1/s1. The zero-order chi connectivity index (χ0) is 7.78. The highest BCUT2D eigenvalue weighted by Crippen LogP contribution is 2.24. The van der Waals surface area contributed by atoms with Gasteiger partial charge in [0.1, 0.15) is 6.10 Å². The fraction of sp³-hybridized carbons (Fsp3) is 1.00. The lowest BCUT2D eigenvalue weighted by atomic mass is 9.90. The average Bonchev–Trinajstić information content (AvgIpc) is 1.83. The SMILES string of the molecule is CC1OCC[C@@](C)(O)[C@@H]1O. The molecule has 0 spiro atoms. The van der Waals surface area contributed by atoms with Crippen LogP contribution in [0.2, 0.25) is 0 Å². The molecule has 1 heterocycles. The topological polar surface area (TPSA) is 49.7 Å². The van der Waals surface area contributed by atoms with E-state index in [0.29, 0.717) is 13.0 Å². The molecule has 60 valence electrons. The maximum Gasteiger partial charge on any atom is 0.108 e. The van der Waals surface area contributed by atoms with Gasteiger partial charge in [0.2, 0.25) is 0 Å². The van der Waals surface area contributed by atoms with Crippen LogP contribution in [0.1, 0.15) is 20.3 Å². The van der Waals surface area contributed by atoms with Gasteiger partial charge in [0, 0.05) is 13.0 Å². The van der Waals surface area contributed by atoms with Gasteiger partial charge in [-0.1, -0.05) is 0 Å². The van der Waals surface area contributed by atoms with Crippen molar-refractivity contribution >= 4 is 0 Å². The van der Waals surface area contributed by atoms with E-state index in [-0.39, 0.29) is 6.10 Å². The quantitative estimate of drug-likeness (QED) is 0.502. The largest absolute Gasteiger partial charge is 0.387 e. The Morgan fingerprint density at radius 2 is 2.20 bits per heavy atom. The molecule has 0 bridgehead atoms. The third-order valence-corrected chi connectivity index (χ3v) is 2.07. The summed E-state index contributed by atoms with van der Waals surface area (Å²) in [4.78, 5) is 0. The maximum absolute atomic E-state index is 9.48. The van der Waals surface area contributed by atoms with Gasteiger partial charge in [-0.3, -0.25) is 0 Å². The van der Waals surface area contributed by atoms with E-state index in [4.69, 9.17) is 4.74 Å². The van der Waals surface area contributed by atoms with Crippen LogP contribution in [-0.4, -0.2) is 34.6 Å². The van der Waals surface area contributed by atoms with Gasteiger partial charge < -0.3 is 14.9 Å². The summed E-state index contributed by atoms with van der Waals surface area (Å²) in [7, 11) is 0. The van der Waals surface area contributed by atoms with Gasteiger partial charge in [-0.05, 0) is 13.8 Å². The highest BCUT2D eigenvalue weighted by Gasteiger charge is 2.38. The lowest BCUT2D eigenvalue weighted by molar-refractivity contribution is -0.175. The number of aliphatic hydroxyl groups excluding tert-OH is 1. The molecule has 2 N–H and O–H groups in total. The second kappa shape index (κ2) is 2.49. The first-order valence-corrected chi connectivity index (χ1v) is 3.56. The van der Waals surface area contributed by atoms with Crippen LogP contribution in [0, 0.1) is 0 Å². The zero-order valence-corrected chi connectivity index (χ0v) is 6.37. The monoisotopic (exact) mass is 146 g/mol. The van der Waals surface area contributed by atoms with Crippen LogP contribution in [0.5, 0.6) is 0 Å². The molecule has 0 aromatic carbocycles. The number of hydrogen-bond acceptors (Lipinski definition) is 3. The van der Waals surface area contributed by atoms with E-state index in [0.717, 1.165) is 0 Å². The van der Waals surface area contributed by atoms with Crippen LogP contribution >= 0.6 is 0 Å². The molecule has 0 aromatic rings. The van der Waals surface area contributed by atoms with Crippen molar-refractivity contribution in [3.63, 3.8) is 0 Å². The Morgan fingerprint density at radius 1 is 1.60 bits per heavy atom. The molecular weight excluding hydrogens is 132 g/mol. The molecule has 1 fully saturated rings. The second-order valence-corrected chi connectivity index (χ2v) is 3.13. The molecule has 1 aliphatic heterocycles. The minimum Gasteiger partial charge on any atom is -0.387 e. The molecular formula is C7H14O3. The van der Waals surface area contributed by atoms with E-state index in [9.17, 15) is 10.2 Å². The molecule has 0 aliphatic carbocycles. The van der Waals surface area contributed by atoms with Crippen LogP contribution in [0.3, 0.4) is 0 Å². The zero-order valence-electron chi connectivity index (χ0n) is 6.37. The van der Waals surface area contributed by atoms with E-state index in [1.807, 2.05) is 0 Å². The van der Waals surface area contributed by atoms with Gasteiger partial charge in [-0.2, -0.15) is 0 Å². The van der Waals surface area contributed by atoms with Crippen molar-refractivity contribution in [3.8, 4) is 0 Å². The minimum absolute atomic E-state index is 0.247. The first kappa shape index (κ1) is 7.98. The van der Waals surface area contributed by atoms with Crippen molar-refractivity contribution in [2.24, 2.45) is 0 Å². The molecule has 3 nitrogen and oxygen atoms in total. The molecule has 1 rings (SSSR count). The molecule has 0 radical (unpaired) electrons. The highest BCUT2D eigenvalue weighted by molar-refractivity contribution is 4.88. The van der Waals surface area contributed by atoms with E-state index in [2.05, 4.69) is 0 Å². The van der Waals surface area contributed by atoms with Gasteiger partial charge in [0.25, 0.3) is 0 Å². The van der Waals surface area contributed by atoms with E-state index >= 15 is 0 Å². The Kier molecular flexibility index (Phi) is 1.99. The summed E-state index contributed by atoms with van der Waals surface area (Å²) in [5.74, 6) is 0. The van der Waals surface area contributed by atoms with Gasteiger partial charge in [0.05, 0.1) is 11.7 Å². The summed E-state index contributed by atoms with van der Waals surface area (Å²) >= 11 is 0. The van der Waals surface area contributed by atoms with Crippen molar-refractivity contribution in [2.75, 3.05) is 6.61 Å². The van der Waals surface area contributed by atoms with E-state index < -0.39 is 11.7 Å². The fourth-order valence-electron chi connectivity index (χ4n) is 1.20. The molecule has 0 aromatic heterocycles. The maximum atomic E-state index is 9.48. The number of rotatable bonds is 0. The lowest BCUT2D eigenvalue weighted by Crippen LogP contribution is -2.51. The van der Waals surface area contributed by atoms with Crippen LogP contribution < -0.4 is 0 Å². The lowest BCUT2D eigenvalue weighted by Gasteiger charge is -2.37. The predicted molar refractivity (Wildman–Crippen MR) is 36.7 cm³/mol. The smallest absolute Gasteiger partial charge is 0.108 e. The molecule has 1 unspecified atom stereocenters. The Morgan fingerprint density at radius 3 is 2.60 bits per heavy atom. The Bertz CT molecular complexity index is 122. The molecule has 3 heteroatoms. The Balaban J connectivity index is 2.60. The number of hydrogen-bond donors (Lipinski definition) is 2. The minimum atomic E-state index is -0.961. The van der Waals surface area contributed by atoms with Crippen LogP contribution in [0.25, 0.3) is 0 Å². The van der Waals surface area contributed by atoms with Crippen molar-refractivity contribution < 1.29 is 14.9 Å². The summed E-state index contributed by atoms with van der Waals surface area (Å²) in [6.07, 6.45) is -0.483.